The fraction of sp³-hybridized carbons (Fsp3) is 0.481. The molecule has 0 fully saturated rings. The van der Waals surface area contributed by atoms with E-state index in [0.717, 1.165) is 12.0 Å². The first-order valence-corrected chi connectivity index (χ1v) is 11.7. The lowest BCUT2D eigenvalue weighted by Gasteiger charge is -2.25. The quantitative estimate of drug-likeness (QED) is 0.490. The number of amides is 2. The first kappa shape index (κ1) is 27.0. The highest BCUT2D eigenvalue weighted by molar-refractivity contribution is 5.98. The maximum Gasteiger partial charge on any atom is 0.252 e. The molecule has 0 aromatic heterocycles. The molecule has 2 rings (SSSR count). The zero-order valence-corrected chi connectivity index (χ0v) is 21.5. The fourth-order valence-electron chi connectivity index (χ4n) is 3.74. The molecule has 0 saturated heterocycles. The molecule has 0 aliphatic rings. The zero-order valence-electron chi connectivity index (χ0n) is 21.5. The van der Waals surface area contributed by atoms with E-state index in [2.05, 4.69) is 62.6 Å². The molecular formula is C27H38N2O5. The van der Waals surface area contributed by atoms with Crippen LogP contribution in [-0.4, -0.2) is 39.2 Å². The van der Waals surface area contributed by atoms with Crippen LogP contribution in [0.2, 0.25) is 0 Å². The van der Waals surface area contributed by atoms with Crippen molar-refractivity contribution in [3.05, 3.63) is 53.1 Å². The smallest absolute Gasteiger partial charge is 0.252 e. The first-order valence-electron chi connectivity index (χ1n) is 11.7. The van der Waals surface area contributed by atoms with Gasteiger partial charge >= 0.3 is 0 Å². The molecule has 0 aliphatic carbocycles. The normalized spacial score (nSPS) is 13.6. The molecule has 0 bridgehead atoms. The Morgan fingerprint density at radius 2 is 1.35 bits per heavy atom. The van der Waals surface area contributed by atoms with E-state index >= 15 is 0 Å². The summed E-state index contributed by atoms with van der Waals surface area (Å²) in [7, 11) is 4.46. The molecule has 7 heteroatoms. The molecule has 0 spiro atoms. The highest BCUT2D eigenvalue weighted by Gasteiger charge is 2.24. The summed E-state index contributed by atoms with van der Waals surface area (Å²) in [5.41, 5.74) is 2.62. The molecule has 0 saturated carbocycles. The monoisotopic (exact) mass is 470 g/mol. The number of carbonyl (C=O) groups is 2. The number of hydrogen-bond donors (Lipinski definition) is 2. The summed E-state index contributed by atoms with van der Waals surface area (Å²) in [6.45, 7) is 10.2. The van der Waals surface area contributed by atoms with Crippen molar-refractivity contribution in [3.8, 4) is 17.2 Å². The van der Waals surface area contributed by atoms with Crippen LogP contribution in [0.1, 0.15) is 74.5 Å². The van der Waals surface area contributed by atoms with Crippen LogP contribution in [0.5, 0.6) is 17.2 Å². The minimum Gasteiger partial charge on any atom is -0.493 e. The molecule has 3 atom stereocenters. The molecule has 34 heavy (non-hydrogen) atoms. The van der Waals surface area contributed by atoms with Gasteiger partial charge < -0.3 is 24.8 Å². The average molecular weight is 471 g/mol. The Kier molecular flexibility index (Phi) is 9.78. The van der Waals surface area contributed by atoms with Crippen LogP contribution in [-0.2, 0) is 4.79 Å². The minimum absolute atomic E-state index is 0.168. The Labute approximate surface area is 203 Å². The number of nitrogens with one attached hydrogen (secondary N) is 2. The standard InChI is InChI=1S/C27H38N2O5/c1-9-17(4)19-10-12-20(13-11-19)24(16(2)3)29-26(30)18(5)28-27(31)21-14-22(32-6)25(34-8)23(15-21)33-7/h10-18,24H,9H2,1-8H3,(H,28,31)(H,29,30)/t17-,18+,24+/m0/s1. The summed E-state index contributed by atoms with van der Waals surface area (Å²) in [6, 6.07) is 10.6. The van der Waals surface area contributed by atoms with Gasteiger partial charge in [0.15, 0.2) is 11.5 Å². The van der Waals surface area contributed by atoms with Gasteiger partial charge in [0.25, 0.3) is 5.91 Å². The largest absolute Gasteiger partial charge is 0.493 e. The van der Waals surface area contributed by atoms with Crippen LogP contribution in [0.25, 0.3) is 0 Å². The van der Waals surface area contributed by atoms with Crippen molar-refractivity contribution in [2.75, 3.05) is 21.3 Å². The molecule has 2 amide bonds. The highest BCUT2D eigenvalue weighted by Crippen LogP contribution is 2.38. The summed E-state index contributed by atoms with van der Waals surface area (Å²) >= 11 is 0. The zero-order chi connectivity index (χ0) is 25.4. The summed E-state index contributed by atoms with van der Waals surface area (Å²) < 4.78 is 15.9. The summed E-state index contributed by atoms with van der Waals surface area (Å²) in [4.78, 5) is 25.8. The van der Waals surface area contributed by atoms with Crippen LogP contribution in [0.4, 0.5) is 0 Å². The number of carbonyl (C=O) groups excluding carboxylic acids is 2. The van der Waals surface area contributed by atoms with Crippen molar-refractivity contribution in [2.45, 2.75) is 59.0 Å². The van der Waals surface area contributed by atoms with Gasteiger partial charge in [-0.15, -0.1) is 0 Å². The molecule has 2 aromatic carbocycles. The summed E-state index contributed by atoms with van der Waals surface area (Å²) in [6.07, 6.45) is 1.08. The fourth-order valence-corrected chi connectivity index (χ4v) is 3.74. The van der Waals surface area contributed by atoms with Gasteiger partial charge in [-0.25, -0.2) is 0 Å². The molecule has 186 valence electrons. The molecule has 0 heterocycles. The van der Waals surface area contributed by atoms with Crippen molar-refractivity contribution in [1.29, 1.82) is 0 Å². The maximum absolute atomic E-state index is 13.0. The van der Waals surface area contributed by atoms with Gasteiger partial charge in [0.05, 0.1) is 27.4 Å². The van der Waals surface area contributed by atoms with E-state index in [1.54, 1.807) is 19.1 Å². The minimum atomic E-state index is -0.743. The van der Waals surface area contributed by atoms with Crippen molar-refractivity contribution in [1.82, 2.24) is 10.6 Å². The van der Waals surface area contributed by atoms with E-state index in [0.29, 0.717) is 28.7 Å². The van der Waals surface area contributed by atoms with Crippen LogP contribution < -0.4 is 24.8 Å². The van der Waals surface area contributed by atoms with Gasteiger partial charge in [0.1, 0.15) is 6.04 Å². The average Bonchev–Trinajstić information content (AvgIpc) is 2.85. The van der Waals surface area contributed by atoms with E-state index in [9.17, 15) is 9.59 Å². The van der Waals surface area contributed by atoms with E-state index in [1.165, 1.54) is 26.9 Å². The van der Waals surface area contributed by atoms with Gasteiger partial charge in [0, 0.05) is 5.56 Å². The highest BCUT2D eigenvalue weighted by atomic mass is 16.5. The van der Waals surface area contributed by atoms with E-state index in [-0.39, 0.29) is 17.9 Å². The van der Waals surface area contributed by atoms with E-state index in [1.807, 2.05) is 0 Å². The lowest BCUT2D eigenvalue weighted by Crippen LogP contribution is -2.46. The number of rotatable bonds is 11. The van der Waals surface area contributed by atoms with Gasteiger partial charge in [-0.1, -0.05) is 52.0 Å². The Balaban J connectivity index is 2.14. The van der Waals surface area contributed by atoms with Crippen molar-refractivity contribution >= 4 is 11.8 Å². The van der Waals surface area contributed by atoms with Gasteiger partial charge in [0.2, 0.25) is 11.7 Å². The Morgan fingerprint density at radius 3 is 1.79 bits per heavy atom. The number of benzene rings is 2. The number of hydrogen-bond acceptors (Lipinski definition) is 5. The molecule has 2 N–H and O–H groups in total. The van der Waals surface area contributed by atoms with Crippen molar-refractivity contribution in [3.63, 3.8) is 0 Å². The maximum atomic E-state index is 13.0. The van der Waals surface area contributed by atoms with E-state index in [4.69, 9.17) is 14.2 Å². The lowest BCUT2D eigenvalue weighted by molar-refractivity contribution is -0.123. The van der Waals surface area contributed by atoms with Crippen LogP contribution in [0.3, 0.4) is 0 Å². The third-order valence-corrected chi connectivity index (χ3v) is 6.11. The predicted molar refractivity (Wildman–Crippen MR) is 134 cm³/mol. The molecule has 0 aliphatic heterocycles. The van der Waals surface area contributed by atoms with Crippen LogP contribution in [0, 0.1) is 5.92 Å². The van der Waals surface area contributed by atoms with Crippen molar-refractivity contribution < 1.29 is 23.8 Å². The SMILES string of the molecule is CC[C@H](C)c1ccc([C@H](NC(=O)[C@@H](C)NC(=O)c2cc(OC)c(OC)c(OC)c2)C(C)C)cc1. The molecular weight excluding hydrogens is 432 g/mol. The topological polar surface area (TPSA) is 85.9 Å². The summed E-state index contributed by atoms with van der Waals surface area (Å²) in [5, 5.41) is 5.85. The van der Waals surface area contributed by atoms with Gasteiger partial charge in [-0.05, 0) is 48.4 Å². The van der Waals surface area contributed by atoms with Gasteiger partial charge in [-0.2, -0.15) is 0 Å². The molecule has 7 nitrogen and oxygen atoms in total. The second-order valence-corrected chi connectivity index (χ2v) is 8.82. The van der Waals surface area contributed by atoms with E-state index < -0.39 is 11.9 Å². The van der Waals surface area contributed by atoms with Crippen LogP contribution in [0.15, 0.2) is 36.4 Å². The molecule has 2 aromatic rings. The lowest BCUT2D eigenvalue weighted by atomic mass is 9.92. The van der Waals surface area contributed by atoms with Crippen LogP contribution >= 0.6 is 0 Å². The third-order valence-electron chi connectivity index (χ3n) is 6.11. The summed E-state index contributed by atoms with van der Waals surface area (Å²) in [5.74, 6) is 1.12. The number of methoxy groups -OCH3 is 3. The second-order valence-electron chi connectivity index (χ2n) is 8.82. The van der Waals surface area contributed by atoms with Crippen molar-refractivity contribution in [2.24, 2.45) is 5.92 Å². The Bertz CT molecular complexity index is 946. The molecule has 0 unspecified atom stereocenters. The first-order chi connectivity index (χ1) is 16.2. The third kappa shape index (κ3) is 6.43. The number of ether oxygens (including phenoxy) is 3. The molecule has 0 radical (unpaired) electrons. The second kappa shape index (κ2) is 12.3. The Hall–Kier alpha value is -3.22. The Morgan fingerprint density at radius 1 is 0.824 bits per heavy atom. The predicted octanol–water partition coefficient (Wildman–Crippen LogP) is 4.86. The van der Waals surface area contributed by atoms with Gasteiger partial charge in [-0.3, -0.25) is 9.59 Å².